The van der Waals surface area contributed by atoms with Crippen LogP contribution >= 0.6 is 23.2 Å². The first-order chi connectivity index (χ1) is 9.75. The minimum atomic E-state index is -0.306. The van der Waals surface area contributed by atoms with Gasteiger partial charge in [-0.1, -0.05) is 50.0 Å². The van der Waals surface area contributed by atoms with E-state index in [1.807, 2.05) is 20.8 Å². The molecule has 6 heteroatoms. The van der Waals surface area contributed by atoms with E-state index in [1.54, 1.807) is 24.3 Å². The molecule has 0 unspecified atom stereocenters. The normalized spacial score (nSPS) is 11.3. The zero-order valence-electron chi connectivity index (χ0n) is 11.9. The van der Waals surface area contributed by atoms with Crippen molar-refractivity contribution >= 4 is 34.9 Å². The number of rotatable bonds is 2. The SMILES string of the molecule is CC(C)(C)c1cc(C(=O)Nc2cccc(Cl)n2)cc(Cl)n1. The molecule has 2 aromatic heterocycles. The Labute approximate surface area is 133 Å². The van der Waals surface area contributed by atoms with Crippen LogP contribution in [0.4, 0.5) is 5.82 Å². The van der Waals surface area contributed by atoms with Gasteiger partial charge < -0.3 is 5.32 Å². The quantitative estimate of drug-likeness (QED) is 0.836. The second-order valence-electron chi connectivity index (χ2n) is 5.61. The molecule has 0 aliphatic heterocycles. The van der Waals surface area contributed by atoms with Crippen LogP contribution in [0.1, 0.15) is 36.8 Å². The summed E-state index contributed by atoms with van der Waals surface area (Å²) in [6.07, 6.45) is 0. The van der Waals surface area contributed by atoms with Crippen molar-refractivity contribution in [1.29, 1.82) is 0 Å². The molecule has 0 spiro atoms. The number of amides is 1. The van der Waals surface area contributed by atoms with Crippen LogP contribution in [0.3, 0.4) is 0 Å². The monoisotopic (exact) mass is 323 g/mol. The van der Waals surface area contributed by atoms with Crippen LogP contribution in [0.25, 0.3) is 0 Å². The summed E-state index contributed by atoms with van der Waals surface area (Å²) in [5.74, 6) is 0.0808. The molecule has 4 nitrogen and oxygen atoms in total. The van der Waals surface area contributed by atoms with Gasteiger partial charge in [0, 0.05) is 16.7 Å². The Morgan fingerprint density at radius 2 is 1.81 bits per heavy atom. The van der Waals surface area contributed by atoms with E-state index in [-0.39, 0.29) is 16.5 Å². The lowest BCUT2D eigenvalue weighted by atomic mass is 9.91. The Kier molecular flexibility index (Phi) is 4.49. The number of nitrogens with one attached hydrogen (secondary N) is 1. The lowest BCUT2D eigenvalue weighted by molar-refractivity contribution is 0.102. The van der Waals surface area contributed by atoms with Crippen molar-refractivity contribution < 1.29 is 4.79 Å². The fourth-order valence-electron chi connectivity index (χ4n) is 1.68. The van der Waals surface area contributed by atoms with Gasteiger partial charge in [0.2, 0.25) is 0 Å². The first-order valence-corrected chi connectivity index (χ1v) is 7.13. The zero-order chi connectivity index (χ0) is 15.6. The van der Waals surface area contributed by atoms with Gasteiger partial charge in [0.1, 0.15) is 16.1 Å². The van der Waals surface area contributed by atoms with Crippen LogP contribution in [0.2, 0.25) is 10.3 Å². The number of halogens is 2. The Bertz CT molecular complexity index is 681. The molecule has 0 aliphatic carbocycles. The lowest BCUT2D eigenvalue weighted by Crippen LogP contribution is -2.18. The van der Waals surface area contributed by atoms with Crippen molar-refractivity contribution in [3.63, 3.8) is 0 Å². The number of anilines is 1. The highest BCUT2D eigenvalue weighted by atomic mass is 35.5. The highest BCUT2D eigenvalue weighted by molar-refractivity contribution is 6.30. The highest BCUT2D eigenvalue weighted by Gasteiger charge is 2.19. The first-order valence-electron chi connectivity index (χ1n) is 6.38. The van der Waals surface area contributed by atoms with Crippen LogP contribution in [0.15, 0.2) is 30.3 Å². The Morgan fingerprint density at radius 1 is 1.10 bits per heavy atom. The van der Waals surface area contributed by atoms with Crippen molar-refractivity contribution in [2.24, 2.45) is 0 Å². The van der Waals surface area contributed by atoms with Gasteiger partial charge in [0.25, 0.3) is 5.91 Å². The molecule has 110 valence electrons. The maximum absolute atomic E-state index is 12.3. The van der Waals surface area contributed by atoms with Gasteiger partial charge in [-0.15, -0.1) is 0 Å². The van der Waals surface area contributed by atoms with E-state index in [0.29, 0.717) is 16.5 Å². The van der Waals surface area contributed by atoms with Gasteiger partial charge in [0.15, 0.2) is 0 Å². The predicted octanol–water partition coefficient (Wildman–Crippen LogP) is 4.33. The molecule has 0 aromatic carbocycles. The third kappa shape index (κ3) is 4.16. The molecule has 0 fully saturated rings. The van der Waals surface area contributed by atoms with Gasteiger partial charge in [-0.25, -0.2) is 9.97 Å². The Morgan fingerprint density at radius 3 is 2.43 bits per heavy atom. The van der Waals surface area contributed by atoms with Crippen molar-refractivity contribution in [2.45, 2.75) is 26.2 Å². The molecule has 21 heavy (non-hydrogen) atoms. The lowest BCUT2D eigenvalue weighted by Gasteiger charge is -2.18. The average molecular weight is 324 g/mol. The zero-order valence-corrected chi connectivity index (χ0v) is 13.5. The number of aromatic nitrogens is 2. The molecule has 0 aliphatic rings. The molecule has 0 atom stereocenters. The average Bonchev–Trinajstić information content (AvgIpc) is 2.37. The fourth-order valence-corrected chi connectivity index (χ4v) is 2.05. The second kappa shape index (κ2) is 6.00. The van der Waals surface area contributed by atoms with E-state index in [0.717, 1.165) is 5.69 Å². The number of nitrogens with zero attached hydrogens (tertiary/aromatic N) is 2. The van der Waals surface area contributed by atoms with Crippen molar-refractivity contribution in [3.05, 3.63) is 51.9 Å². The minimum absolute atomic E-state index is 0.200. The summed E-state index contributed by atoms with van der Waals surface area (Å²) in [4.78, 5) is 20.6. The number of carbonyl (C=O) groups is 1. The smallest absolute Gasteiger partial charge is 0.256 e. The summed E-state index contributed by atoms with van der Waals surface area (Å²) in [5, 5.41) is 3.28. The molecule has 1 amide bonds. The molecule has 1 N–H and O–H groups in total. The third-order valence-electron chi connectivity index (χ3n) is 2.78. The minimum Gasteiger partial charge on any atom is -0.307 e. The maximum Gasteiger partial charge on any atom is 0.256 e. The van der Waals surface area contributed by atoms with E-state index >= 15 is 0 Å². The highest BCUT2D eigenvalue weighted by Crippen LogP contribution is 2.23. The summed E-state index contributed by atoms with van der Waals surface area (Å²) in [5.41, 5.74) is 0.981. The fraction of sp³-hybridized carbons (Fsp3) is 0.267. The van der Waals surface area contributed by atoms with Gasteiger partial charge in [0.05, 0.1) is 0 Å². The molecular weight excluding hydrogens is 309 g/mol. The van der Waals surface area contributed by atoms with Crippen LogP contribution in [-0.2, 0) is 5.41 Å². The largest absolute Gasteiger partial charge is 0.307 e. The van der Waals surface area contributed by atoms with Gasteiger partial charge in [-0.05, 0) is 24.3 Å². The van der Waals surface area contributed by atoms with E-state index in [9.17, 15) is 4.79 Å². The van der Waals surface area contributed by atoms with E-state index in [2.05, 4.69) is 15.3 Å². The molecule has 2 aromatic rings. The summed E-state index contributed by atoms with van der Waals surface area (Å²) in [7, 11) is 0. The molecule has 0 saturated heterocycles. The summed E-state index contributed by atoms with van der Waals surface area (Å²) < 4.78 is 0. The Balaban J connectivity index is 2.29. The van der Waals surface area contributed by atoms with Crippen molar-refractivity contribution in [2.75, 3.05) is 5.32 Å². The maximum atomic E-state index is 12.3. The molecule has 0 radical (unpaired) electrons. The number of hydrogen-bond acceptors (Lipinski definition) is 3. The van der Waals surface area contributed by atoms with Gasteiger partial charge >= 0.3 is 0 Å². The third-order valence-corrected chi connectivity index (χ3v) is 3.19. The van der Waals surface area contributed by atoms with Crippen LogP contribution in [0, 0.1) is 0 Å². The van der Waals surface area contributed by atoms with Gasteiger partial charge in [-0.3, -0.25) is 4.79 Å². The first kappa shape index (κ1) is 15.7. The van der Waals surface area contributed by atoms with Gasteiger partial charge in [-0.2, -0.15) is 0 Å². The Hall–Kier alpha value is -1.65. The van der Waals surface area contributed by atoms with Crippen LogP contribution in [-0.4, -0.2) is 15.9 Å². The van der Waals surface area contributed by atoms with E-state index < -0.39 is 0 Å². The van der Waals surface area contributed by atoms with Crippen molar-refractivity contribution in [3.8, 4) is 0 Å². The summed E-state index contributed by atoms with van der Waals surface area (Å²) in [6.45, 7) is 6.02. The number of carbonyl (C=O) groups excluding carboxylic acids is 1. The predicted molar refractivity (Wildman–Crippen MR) is 85.1 cm³/mol. The molecule has 0 saturated carbocycles. The summed E-state index contributed by atoms with van der Waals surface area (Å²) in [6, 6.07) is 8.27. The number of hydrogen-bond donors (Lipinski definition) is 1. The number of pyridine rings is 2. The molecular formula is C15H15Cl2N3O. The standard InChI is InChI=1S/C15H15Cl2N3O/c1-15(2,3)10-7-9(8-12(17)18-10)14(21)20-13-6-4-5-11(16)19-13/h4-8H,1-3H3,(H,19,20,21). The molecule has 2 heterocycles. The molecule has 0 bridgehead atoms. The van der Waals surface area contributed by atoms with Crippen LogP contribution in [0.5, 0.6) is 0 Å². The van der Waals surface area contributed by atoms with Crippen LogP contribution < -0.4 is 5.32 Å². The van der Waals surface area contributed by atoms with E-state index in [1.165, 1.54) is 6.07 Å². The van der Waals surface area contributed by atoms with E-state index in [4.69, 9.17) is 23.2 Å². The molecule has 2 rings (SSSR count). The summed E-state index contributed by atoms with van der Waals surface area (Å²) >= 11 is 11.8. The topological polar surface area (TPSA) is 54.9 Å². The second-order valence-corrected chi connectivity index (χ2v) is 6.39. The van der Waals surface area contributed by atoms with Crippen molar-refractivity contribution in [1.82, 2.24) is 9.97 Å².